The Morgan fingerprint density at radius 2 is 1.71 bits per heavy atom. The van der Waals surface area contributed by atoms with Crippen molar-refractivity contribution in [2.45, 2.75) is 97.2 Å². The van der Waals surface area contributed by atoms with Crippen LogP contribution in [0.2, 0.25) is 0 Å². The van der Waals surface area contributed by atoms with Crippen molar-refractivity contribution >= 4 is 34.7 Å². The minimum atomic E-state index is -0.953. The molecule has 5 aliphatic rings. The van der Waals surface area contributed by atoms with Crippen molar-refractivity contribution in [3.05, 3.63) is 83.3 Å². The van der Waals surface area contributed by atoms with Gasteiger partial charge in [0.05, 0.1) is 47.7 Å². The molecule has 1 aliphatic carbocycles. The molecule has 0 bridgehead atoms. The first kappa shape index (κ1) is 43.1. The molecule has 2 N–H and O–H groups in total. The average Bonchev–Trinajstić information content (AvgIpc) is 3.76. The second kappa shape index (κ2) is 16.9. The zero-order valence-corrected chi connectivity index (χ0v) is 38.2. The van der Waals surface area contributed by atoms with Gasteiger partial charge in [-0.25, -0.2) is 19.8 Å². The maximum atomic E-state index is 14.5. The average molecular weight is 898 g/mol. The summed E-state index contributed by atoms with van der Waals surface area (Å²) in [5.74, 6) is 3.50. The van der Waals surface area contributed by atoms with Crippen LogP contribution in [0.25, 0.3) is 22.3 Å². The Hall–Kier alpha value is -6.84. The van der Waals surface area contributed by atoms with E-state index in [-0.39, 0.29) is 36.8 Å². The zero-order chi connectivity index (χ0) is 45.9. The van der Waals surface area contributed by atoms with E-state index in [1.807, 2.05) is 68.4 Å². The van der Waals surface area contributed by atoms with Crippen molar-refractivity contribution in [1.29, 1.82) is 0 Å². The van der Waals surface area contributed by atoms with Gasteiger partial charge in [0.25, 0.3) is 0 Å². The van der Waals surface area contributed by atoms with Gasteiger partial charge in [-0.3, -0.25) is 9.59 Å². The molecule has 1 saturated carbocycles. The van der Waals surface area contributed by atoms with Crippen molar-refractivity contribution in [2.24, 2.45) is 16.4 Å². The summed E-state index contributed by atoms with van der Waals surface area (Å²) < 4.78 is 35.9. The number of hydrogen-bond acceptors (Lipinski definition) is 12. The SMILES string of the molecule is COc1ccc(C2=NN(C3CCN(C(=O)[C@@H](Cc4ccccc4)NC(=O)Oc4c(C)[nH]c5c(-c6c(OCC7CC7)ccc7c6OCO7)ncnc45)CC3)C(=O)C(C)(C)C2)c2c1OC(C)(C)C2. The van der Waals surface area contributed by atoms with Crippen molar-refractivity contribution in [3.63, 3.8) is 0 Å². The molecule has 0 unspecified atom stereocenters. The molecule has 344 valence electrons. The highest BCUT2D eigenvalue weighted by Gasteiger charge is 2.44. The quantitative estimate of drug-likeness (QED) is 0.127. The topological polar surface area (TPSA) is 179 Å². The predicted octanol–water partition coefficient (Wildman–Crippen LogP) is 7.53. The van der Waals surface area contributed by atoms with Crippen LogP contribution in [0.4, 0.5) is 4.79 Å². The van der Waals surface area contributed by atoms with E-state index >= 15 is 0 Å². The lowest BCUT2D eigenvalue weighted by Crippen LogP contribution is -2.56. The summed E-state index contributed by atoms with van der Waals surface area (Å²) >= 11 is 0. The number of carbonyl (C=O) groups excluding carboxylic acids is 3. The summed E-state index contributed by atoms with van der Waals surface area (Å²) in [6.45, 7) is 11.2. The number of nitrogens with zero attached hydrogens (tertiary/aromatic N) is 5. The molecule has 0 radical (unpaired) electrons. The number of fused-ring (bicyclic) bond motifs is 3. The van der Waals surface area contributed by atoms with Crippen LogP contribution in [0.5, 0.6) is 34.5 Å². The third kappa shape index (κ3) is 8.21. The van der Waals surface area contributed by atoms with Crippen LogP contribution in [-0.4, -0.2) is 99.8 Å². The summed E-state index contributed by atoms with van der Waals surface area (Å²) in [4.78, 5) is 56.8. The Bertz CT molecular complexity index is 2760. The van der Waals surface area contributed by atoms with E-state index in [1.165, 1.54) is 6.33 Å². The van der Waals surface area contributed by atoms with Crippen molar-refractivity contribution in [1.82, 2.24) is 30.2 Å². The van der Waals surface area contributed by atoms with Crippen LogP contribution >= 0.6 is 0 Å². The summed E-state index contributed by atoms with van der Waals surface area (Å²) in [6, 6.07) is 16.0. The summed E-state index contributed by atoms with van der Waals surface area (Å²) in [5, 5.41) is 9.60. The van der Waals surface area contributed by atoms with E-state index in [0.29, 0.717) is 102 Å². The largest absolute Gasteiger partial charge is 0.493 e. The van der Waals surface area contributed by atoms with E-state index in [2.05, 4.69) is 34.1 Å². The number of benzene rings is 3. The van der Waals surface area contributed by atoms with E-state index in [0.717, 1.165) is 41.0 Å². The number of rotatable bonds is 12. The Morgan fingerprint density at radius 3 is 2.47 bits per heavy atom. The number of ether oxygens (including phenoxy) is 6. The van der Waals surface area contributed by atoms with Gasteiger partial charge in [0, 0.05) is 43.5 Å². The number of hydrazone groups is 1. The fourth-order valence-corrected chi connectivity index (χ4v) is 9.54. The molecule has 3 amide bonds. The number of H-pyrrole nitrogens is 1. The summed E-state index contributed by atoms with van der Waals surface area (Å²) in [6.07, 6.45) is 5.27. The Labute approximate surface area is 382 Å². The fourth-order valence-electron chi connectivity index (χ4n) is 9.54. The van der Waals surface area contributed by atoms with Gasteiger partial charge in [-0.15, -0.1) is 0 Å². The third-order valence-electron chi connectivity index (χ3n) is 13.2. The van der Waals surface area contributed by atoms with E-state index < -0.39 is 23.2 Å². The van der Waals surface area contributed by atoms with Crippen molar-refractivity contribution in [2.75, 3.05) is 33.6 Å². The van der Waals surface area contributed by atoms with Gasteiger partial charge in [0.1, 0.15) is 34.9 Å². The normalized spacial score (nSPS) is 18.9. The van der Waals surface area contributed by atoms with Crippen LogP contribution in [0.3, 0.4) is 0 Å². The highest BCUT2D eigenvalue weighted by Crippen LogP contribution is 2.49. The van der Waals surface area contributed by atoms with Crippen LogP contribution < -0.4 is 33.7 Å². The van der Waals surface area contributed by atoms with Gasteiger partial charge in [-0.2, -0.15) is 5.10 Å². The lowest BCUT2D eigenvalue weighted by atomic mass is 9.80. The fraction of sp³-hybridized carbons (Fsp3) is 0.440. The van der Waals surface area contributed by atoms with E-state index in [9.17, 15) is 14.4 Å². The maximum Gasteiger partial charge on any atom is 0.413 e. The molecular weight excluding hydrogens is 843 g/mol. The van der Waals surface area contributed by atoms with Crippen LogP contribution in [-0.2, 0) is 22.4 Å². The molecule has 10 rings (SSSR count). The van der Waals surface area contributed by atoms with E-state index in [1.54, 1.807) is 23.9 Å². The number of amides is 3. The molecule has 2 fully saturated rings. The molecule has 3 aromatic carbocycles. The van der Waals surface area contributed by atoms with Gasteiger partial charge in [-0.05, 0) is 82.2 Å². The molecule has 0 spiro atoms. The molecular formula is C50H55N7O9. The second-order valence-corrected chi connectivity index (χ2v) is 19.2. The molecule has 16 heteroatoms. The standard InChI is InChI=1S/C50H55N7O9/c1-28-43(42-41(53-28)40(51-26-52-42)39-36(62-25-30-12-13-30)16-17-38-45(39)64-27-63-38)65-48(60)54-34(22-29-10-8-7-9-11-29)46(58)56-20-18-31(19-21-56)57-47(59)49(2,3)24-35(55-57)32-14-15-37(61-6)44-33(32)23-50(4,5)66-44/h7-11,14-17,26,30-31,34,53H,12-13,18-25,27H2,1-6H3,(H,54,60)/t34-/m1/s1. The van der Waals surface area contributed by atoms with E-state index in [4.69, 9.17) is 33.5 Å². The molecule has 66 heavy (non-hydrogen) atoms. The van der Waals surface area contributed by atoms with Crippen LogP contribution in [0.15, 0.2) is 66.0 Å². The molecule has 1 saturated heterocycles. The molecule has 4 aliphatic heterocycles. The Balaban J connectivity index is 0.869. The van der Waals surface area contributed by atoms with Gasteiger partial charge >= 0.3 is 6.09 Å². The Kier molecular flexibility index (Phi) is 11.0. The van der Waals surface area contributed by atoms with Crippen LogP contribution in [0, 0.1) is 18.3 Å². The van der Waals surface area contributed by atoms with Crippen molar-refractivity contribution in [3.8, 4) is 45.8 Å². The lowest BCUT2D eigenvalue weighted by molar-refractivity contribution is -0.145. The van der Waals surface area contributed by atoms with Crippen molar-refractivity contribution < 1.29 is 42.8 Å². The van der Waals surface area contributed by atoms with Gasteiger partial charge < -0.3 is 43.6 Å². The van der Waals surface area contributed by atoms with Crippen LogP contribution in [0.1, 0.15) is 82.2 Å². The number of aromatic amines is 1. The highest BCUT2D eigenvalue weighted by atomic mass is 16.7. The molecule has 1 atom stereocenters. The zero-order valence-electron chi connectivity index (χ0n) is 38.2. The minimum Gasteiger partial charge on any atom is -0.493 e. The molecule has 6 heterocycles. The Morgan fingerprint density at radius 1 is 0.939 bits per heavy atom. The monoisotopic (exact) mass is 897 g/mol. The van der Waals surface area contributed by atoms with Gasteiger partial charge in [0.2, 0.25) is 18.6 Å². The molecule has 16 nitrogen and oxygen atoms in total. The van der Waals surface area contributed by atoms with Gasteiger partial charge in [-0.1, -0.05) is 44.2 Å². The molecule has 2 aromatic heterocycles. The molecule has 5 aromatic rings. The number of methoxy groups -OCH3 is 1. The number of nitrogens with one attached hydrogen (secondary N) is 2. The number of likely N-dealkylation sites (tertiary alicyclic amines) is 1. The number of piperidine rings is 1. The first-order valence-electron chi connectivity index (χ1n) is 22.8. The highest BCUT2D eigenvalue weighted by molar-refractivity contribution is 6.07. The third-order valence-corrected chi connectivity index (χ3v) is 13.2. The minimum absolute atomic E-state index is 0.0496. The number of hydrogen-bond donors (Lipinski definition) is 2. The van der Waals surface area contributed by atoms with Gasteiger partial charge in [0.15, 0.2) is 28.7 Å². The summed E-state index contributed by atoms with van der Waals surface area (Å²) in [5.41, 5.74) is 5.13. The smallest absolute Gasteiger partial charge is 0.413 e. The first-order valence-corrected chi connectivity index (χ1v) is 22.8. The predicted molar refractivity (Wildman–Crippen MR) is 244 cm³/mol. The maximum absolute atomic E-state index is 14.5. The second-order valence-electron chi connectivity index (χ2n) is 19.2. The lowest BCUT2D eigenvalue weighted by Gasteiger charge is -2.42. The number of aromatic nitrogens is 3. The number of carbonyl (C=O) groups is 3. The number of aryl methyl sites for hydroxylation is 1. The first-order chi connectivity index (χ1) is 31.8. The summed E-state index contributed by atoms with van der Waals surface area (Å²) in [7, 11) is 1.63.